The molecule has 1 aromatic carbocycles. The lowest BCUT2D eigenvalue weighted by Gasteiger charge is -2.07. The van der Waals surface area contributed by atoms with Crippen LogP contribution >= 0.6 is 0 Å². The third kappa shape index (κ3) is 2.89. The summed E-state index contributed by atoms with van der Waals surface area (Å²) in [5, 5.41) is 2.81. The summed E-state index contributed by atoms with van der Waals surface area (Å²) < 4.78 is 0. The Hall–Kier alpha value is -2.36. The maximum Gasteiger partial charge on any atom is 0.261 e. The molecule has 21 heavy (non-hydrogen) atoms. The van der Waals surface area contributed by atoms with Crippen molar-refractivity contribution in [2.24, 2.45) is 0 Å². The van der Waals surface area contributed by atoms with Gasteiger partial charge in [-0.25, -0.2) is 0 Å². The average Bonchev–Trinajstić information content (AvgIpc) is 2.92. The van der Waals surface area contributed by atoms with Gasteiger partial charge in [0.15, 0.2) is 0 Å². The molecule has 0 unspecified atom stereocenters. The van der Waals surface area contributed by atoms with Gasteiger partial charge in [-0.1, -0.05) is 29.8 Å². The van der Waals surface area contributed by atoms with Gasteiger partial charge in [-0.15, -0.1) is 0 Å². The van der Waals surface area contributed by atoms with Crippen molar-refractivity contribution >= 4 is 5.91 Å². The molecule has 1 aromatic heterocycles. The third-order valence-corrected chi connectivity index (χ3v) is 3.91. The van der Waals surface area contributed by atoms with Crippen molar-refractivity contribution in [1.29, 1.82) is 0 Å². The Labute approximate surface area is 123 Å². The quantitative estimate of drug-likeness (QED) is 0.905. The minimum absolute atomic E-state index is 0.211. The number of hydrogen-bond acceptors (Lipinski definition) is 2. The number of hydrogen-bond donors (Lipinski definition) is 2. The zero-order chi connectivity index (χ0) is 14.8. The maximum absolute atomic E-state index is 12.2. The Morgan fingerprint density at radius 3 is 2.76 bits per heavy atom. The number of rotatable bonds is 3. The molecule has 4 heteroatoms. The summed E-state index contributed by atoms with van der Waals surface area (Å²) in [7, 11) is 0. The van der Waals surface area contributed by atoms with Gasteiger partial charge in [-0.2, -0.15) is 0 Å². The predicted molar refractivity (Wildman–Crippen MR) is 81.4 cm³/mol. The summed E-state index contributed by atoms with van der Waals surface area (Å²) >= 11 is 0. The number of amides is 1. The van der Waals surface area contributed by atoms with E-state index in [1.54, 1.807) is 6.07 Å². The standard InChI is InChI=1S/C17H18N2O2/c1-11-5-7-12(8-6-11)10-18-16(20)14-9-13-3-2-4-15(13)19-17(14)21/h5-9H,2-4,10H2,1H3,(H,18,20)(H,19,21). The van der Waals surface area contributed by atoms with Gasteiger partial charge >= 0.3 is 0 Å². The highest BCUT2D eigenvalue weighted by Crippen LogP contribution is 2.18. The highest BCUT2D eigenvalue weighted by Gasteiger charge is 2.17. The number of fused-ring (bicyclic) bond motifs is 1. The van der Waals surface area contributed by atoms with E-state index in [1.807, 2.05) is 31.2 Å². The van der Waals surface area contributed by atoms with Crippen molar-refractivity contribution in [2.75, 3.05) is 0 Å². The van der Waals surface area contributed by atoms with Crippen molar-refractivity contribution in [3.63, 3.8) is 0 Å². The normalized spacial score (nSPS) is 13.0. The number of carbonyl (C=O) groups is 1. The highest BCUT2D eigenvalue weighted by molar-refractivity contribution is 5.94. The second-order valence-corrected chi connectivity index (χ2v) is 5.54. The van der Waals surface area contributed by atoms with E-state index in [9.17, 15) is 9.59 Å². The predicted octanol–water partition coefficient (Wildman–Crippen LogP) is 2.10. The van der Waals surface area contributed by atoms with Crippen molar-refractivity contribution in [3.8, 4) is 0 Å². The molecule has 0 saturated carbocycles. The lowest BCUT2D eigenvalue weighted by atomic mass is 10.1. The highest BCUT2D eigenvalue weighted by atomic mass is 16.2. The number of benzene rings is 1. The lowest BCUT2D eigenvalue weighted by molar-refractivity contribution is 0.0949. The van der Waals surface area contributed by atoms with Crippen LogP contribution in [-0.4, -0.2) is 10.9 Å². The number of carbonyl (C=O) groups excluding carboxylic acids is 1. The summed E-state index contributed by atoms with van der Waals surface area (Å²) in [4.78, 5) is 27.0. The van der Waals surface area contributed by atoms with E-state index >= 15 is 0 Å². The van der Waals surface area contributed by atoms with E-state index in [-0.39, 0.29) is 17.0 Å². The van der Waals surface area contributed by atoms with Crippen LogP contribution in [0, 0.1) is 6.92 Å². The first-order valence-corrected chi connectivity index (χ1v) is 7.22. The smallest absolute Gasteiger partial charge is 0.261 e. The van der Waals surface area contributed by atoms with Gasteiger partial charge in [0.1, 0.15) is 5.56 Å². The van der Waals surface area contributed by atoms with Crippen molar-refractivity contribution in [2.45, 2.75) is 32.7 Å². The molecule has 1 heterocycles. The van der Waals surface area contributed by atoms with Crippen LogP contribution < -0.4 is 10.9 Å². The minimum atomic E-state index is -0.313. The Morgan fingerprint density at radius 2 is 2.00 bits per heavy atom. The molecule has 0 bridgehead atoms. The first-order chi connectivity index (χ1) is 10.1. The van der Waals surface area contributed by atoms with Crippen LogP contribution in [0.25, 0.3) is 0 Å². The van der Waals surface area contributed by atoms with Crippen molar-refractivity contribution < 1.29 is 4.79 Å². The van der Waals surface area contributed by atoms with E-state index in [0.29, 0.717) is 6.54 Å². The Balaban J connectivity index is 1.74. The number of nitrogens with one attached hydrogen (secondary N) is 2. The topological polar surface area (TPSA) is 62.0 Å². The van der Waals surface area contributed by atoms with E-state index in [2.05, 4.69) is 10.3 Å². The molecule has 3 rings (SSSR count). The second-order valence-electron chi connectivity index (χ2n) is 5.54. The Bertz CT molecular complexity index is 729. The third-order valence-electron chi connectivity index (χ3n) is 3.91. The number of aromatic nitrogens is 1. The first-order valence-electron chi connectivity index (χ1n) is 7.22. The molecule has 1 amide bonds. The molecule has 0 fully saturated rings. The molecule has 2 N–H and O–H groups in total. The van der Waals surface area contributed by atoms with Crippen LogP contribution in [0.5, 0.6) is 0 Å². The Kier molecular flexibility index (Phi) is 3.60. The molecule has 1 aliphatic carbocycles. The number of pyridine rings is 1. The molecule has 0 radical (unpaired) electrons. The summed E-state index contributed by atoms with van der Waals surface area (Å²) in [5.41, 5.74) is 4.19. The van der Waals surface area contributed by atoms with Crippen LogP contribution in [0.15, 0.2) is 35.1 Å². The zero-order valence-electron chi connectivity index (χ0n) is 12.0. The molecule has 0 saturated heterocycles. The van der Waals surface area contributed by atoms with E-state index in [4.69, 9.17) is 0 Å². The molecule has 0 aliphatic heterocycles. The Morgan fingerprint density at radius 1 is 1.24 bits per heavy atom. The monoisotopic (exact) mass is 282 g/mol. The summed E-state index contributed by atoms with van der Waals surface area (Å²) in [5.74, 6) is -0.313. The number of H-pyrrole nitrogens is 1. The van der Waals surface area contributed by atoms with Crippen LogP contribution in [0.1, 0.15) is 39.2 Å². The van der Waals surface area contributed by atoms with Gasteiger partial charge in [-0.05, 0) is 43.4 Å². The molecule has 108 valence electrons. The maximum atomic E-state index is 12.2. The number of aryl methyl sites for hydroxylation is 3. The molecule has 4 nitrogen and oxygen atoms in total. The number of aromatic amines is 1. The van der Waals surface area contributed by atoms with Crippen molar-refractivity contribution in [3.05, 3.63) is 68.6 Å². The van der Waals surface area contributed by atoms with Gasteiger partial charge in [0.25, 0.3) is 11.5 Å². The van der Waals surface area contributed by atoms with Gasteiger partial charge in [-0.3, -0.25) is 9.59 Å². The molecule has 0 atom stereocenters. The summed E-state index contributed by atoms with van der Waals surface area (Å²) in [6, 6.07) is 9.70. The average molecular weight is 282 g/mol. The van der Waals surface area contributed by atoms with Crippen LogP contribution in [0.3, 0.4) is 0 Å². The van der Waals surface area contributed by atoms with Crippen LogP contribution in [0.2, 0.25) is 0 Å². The SMILES string of the molecule is Cc1ccc(CNC(=O)c2cc3c([nH]c2=O)CCC3)cc1. The first kappa shape index (κ1) is 13.6. The lowest BCUT2D eigenvalue weighted by Crippen LogP contribution is -2.29. The molecule has 0 spiro atoms. The largest absolute Gasteiger partial charge is 0.348 e. The second kappa shape index (κ2) is 5.56. The fourth-order valence-electron chi connectivity index (χ4n) is 2.67. The van der Waals surface area contributed by atoms with Gasteiger partial charge in [0.05, 0.1) is 0 Å². The molecule has 1 aliphatic rings. The summed E-state index contributed by atoms with van der Waals surface area (Å²) in [6.45, 7) is 2.45. The van der Waals surface area contributed by atoms with Crippen LogP contribution in [0.4, 0.5) is 0 Å². The van der Waals surface area contributed by atoms with Crippen molar-refractivity contribution in [1.82, 2.24) is 10.3 Å². The molecular formula is C17H18N2O2. The minimum Gasteiger partial charge on any atom is -0.348 e. The zero-order valence-corrected chi connectivity index (χ0v) is 12.0. The molecule has 2 aromatic rings. The van der Waals surface area contributed by atoms with Gasteiger partial charge in [0.2, 0.25) is 0 Å². The molecular weight excluding hydrogens is 264 g/mol. The fourth-order valence-corrected chi connectivity index (χ4v) is 2.67. The fraction of sp³-hybridized carbons (Fsp3) is 0.294. The van der Waals surface area contributed by atoms with E-state index in [1.165, 1.54) is 5.56 Å². The van der Waals surface area contributed by atoms with Gasteiger partial charge < -0.3 is 10.3 Å². The van der Waals surface area contributed by atoms with E-state index in [0.717, 1.165) is 36.1 Å². The van der Waals surface area contributed by atoms with Crippen LogP contribution in [-0.2, 0) is 19.4 Å². The summed E-state index contributed by atoms with van der Waals surface area (Å²) in [6.07, 6.45) is 2.87. The van der Waals surface area contributed by atoms with E-state index < -0.39 is 0 Å². The van der Waals surface area contributed by atoms with Gasteiger partial charge in [0, 0.05) is 12.2 Å².